The van der Waals surface area contributed by atoms with Crippen molar-refractivity contribution < 1.29 is 5.11 Å². The molecule has 0 aliphatic carbocycles. The van der Waals surface area contributed by atoms with E-state index in [1.807, 2.05) is 22.9 Å². The van der Waals surface area contributed by atoms with E-state index in [-0.39, 0.29) is 6.61 Å². The van der Waals surface area contributed by atoms with E-state index in [1.54, 1.807) is 18.5 Å². The maximum atomic E-state index is 9.02. The van der Waals surface area contributed by atoms with Crippen molar-refractivity contribution in [2.75, 3.05) is 0 Å². The van der Waals surface area contributed by atoms with E-state index in [4.69, 9.17) is 5.11 Å². The van der Waals surface area contributed by atoms with Crippen LogP contribution >= 0.6 is 0 Å². The predicted octanol–water partition coefficient (Wildman–Crippen LogP) is 0.819. The topological polar surface area (TPSA) is 50.9 Å². The van der Waals surface area contributed by atoms with Crippen LogP contribution in [0.4, 0.5) is 0 Å². The van der Waals surface area contributed by atoms with Crippen LogP contribution in [0.15, 0.2) is 36.8 Å². The van der Waals surface area contributed by atoms with Crippen LogP contribution in [-0.4, -0.2) is 19.6 Å². The Morgan fingerprint density at radius 3 is 2.71 bits per heavy atom. The van der Waals surface area contributed by atoms with E-state index in [9.17, 15) is 0 Å². The molecule has 0 saturated heterocycles. The molecule has 0 saturated carbocycles. The maximum Gasteiger partial charge on any atom is 0.147 e. The molecule has 0 aromatic carbocycles. The summed E-state index contributed by atoms with van der Waals surface area (Å²) in [6, 6.07) is 5.56. The molecule has 4 heteroatoms. The lowest BCUT2D eigenvalue weighted by Gasteiger charge is -2.05. The highest BCUT2D eigenvalue weighted by Crippen LogP contribution is 2.03. The van der Waals surface area contributed by atoms with Gasteiger partial charge in [-0.2, -0.15) is 0 Å². The molecule has 14 heavy (non-hydrogen) atoms. The highest BCUT2D eigenvalue weighted by Gasteiger charge is 2.01. The minimum Gasteiger partial charge on any atom is -0.390 e. The van der Waals surface area contributed by atoms with Crippen molar-refractivity contribution in [1.82, 2.24) is 14.5 Å². The van der Waals surface area contributed by atoms with Gasteiger partial charge in [0.25, 0.3) is 0 Å². The Morgan fingerprint density at radius 1 is 1.21 bits per heavy atom. The van der Waals surface area contributed by atoms with Crippen LogP contribution in [0.5, 0.6) is 0 Å². The van der Waals surface area contributed by atoms with Gasteiger partial charge in [0.1, 0.15) is 5.82 Å². The molecule has 0 spiro atoms. The molecule has 1 N–H and O–H groups in total. The number of aliphatic hydroxyl groups excluding tert-OH is 1. The summed E-state index contributed by atoms with van der Waals surface area (Å²) >= 11 is 0. The Bertz CT molecular complexity index is 397. The quantitative estimate of drug-likeness (QED) is 0.777. The molecule has 0 radical (unpaired) electrons. The minimum atomic E-state index is 0.0415. The van der Waals surface area contributed by atoms with Gasteiger partial charge < -0.3 is 9.67 Å². The van der Waals surface area contributed by atoms with Crippen molar-refractivity contribution in [3.8, 4) is 0 Å². The second-order valence-electron chi connectivity index (χ2n) is 2.95. The van der Waals surface area contributed by atoms with Crippen LogP contribution in [0.1, 0.15) is 11.5 Å². The maximum absolute atomic E-state index is 9.02. The first-order valence-electron chi connectivity index (χ1n) is 4.41. The normalized spacial score (nSPS) is 10.4. The molecule has 0 atom stereocenters. The molecule has 4 nitrogen and oxygen atoms in total. The summed E-state index contributed by atoms with van der Waals surface area (Å²) in [5.74, 6) is 0.749. The fourth-order valence-electron chi connectivity index (χ4n) is 1.31. The van der Waals surface area contributed by atoms with Crippen molar-refractivity contribution in [2.24, 2.45) is 0 Å². The summed E-state index contributed by atoms with van der Waals surface area (Å²) in [7, 11) is 0. The molecule has 0 aliphatic heterocycles. The van der Waals surface area contributed by atoms with Gasteiger partial charge in [-0.25, -0.2) is 9.97 Å². The SMILES string of the molecule is OCc1cccn1Cc1ncccn1. The number of hydrogen-bond acceptors (Lipinski definition) is 3. The fraction of sp³-hybridized carbons (Fsp3) is 0.200. The second-order valence-corrected chi connectivity index (χ2v) is 2.95. The molecular weight excluding hydrogens is 178 g/mol. The van der Waals surface area contributed by atoms with Gasteiger partial charge in [0, 0.05) is 24.3 Å². The summed E-state index contributed by atoms with van der Waals surface area (Å²) in [5.41, 5.74) is 0.873. The number of aromatic nitrogens is 3. The van der Waals surface area contributed by atoms with Crippen LogP contribution in [0.3, 0.4) is 0 Å². The van der Waals surface area contributed by atoms with Crippen molar-refractivity contribution in [3.63, 3.8) is 0 Å². The molecule has 2 rings (SSSR count). The van der Waals surface area contributed by atoms with Crippen LogP contribution < -0.4 is 0 Å². The van der Waals surface area contributed by atoms with E-state index < -0.39 is 0 Å². The van der Waals surface area contributed by atoms with Gasteiger partial charge in [-0.1, -0.05) is 0 Å². The summed E-state index contributed by atoms with van der Waals surface area (Å²) in [5, 5.41) is 9.02. The number of rotatable bonds is 3. The number of nitrogens with zero attached hydrogens (tertiary/aromatic N) is 3. The highest BCUT2D eigenvalue weighted by molar-refractivity contribution is 5.07. The van der Waals surface area contributed by atoms with Gasteiger partial charge in [-0.05, 0) is 18.2 Å². The average Bonchev–Trinajstić information content (AvgIpc) is 2.67. The Morgan fingerprint density at radius 2 is 2.00 bits per heavy atom. The van der Waals surface area contributed by atoms with Gasteiger partial charge in [0.2, 0.25) is 0 Å². The zero-order valence-corrected chi connectivity index (χ0v) is 7.67. The first kappa shape index (κ1) is 8.90. The zero-order chi connectivity index (χ0) is 9.80. The van der Waals surface area contributed by atoms with Crippen LogP contribution in [0, 0.1) is 0 Å². The average molecular weight is 189 g/mol. The monoisotopic (exact) mass is 189 g/mol. The molecule has 0 aliphatic rings. The summed E-state index contributed by atoms with van der Waals surface area (Å²) in [4.78, 5) is 8.23. The van der Waals surface area contributed by atoms with Crippen molar-refractivity contribution in [1.29, 1.82) is 0 Å². The summed E-state index contributed by atoms with van der Waals surface area (Å²) in [6.45, 7) is 0.642. The largest absolute Gasteiger partial charge is 0.390 e. The standard InChI is InChI=1S/C10H11N3O/c14-8-9-3-1-6-13(9)7-10-11-4-2-5-12-10/h1-6,14H,7-8H2. The first-order valence-corrected chi connectivity index (χ1v) is 4.41. The highest BCUT2D eigenvalue weighted by atomic mass is 16.3. The number of aliphatic hydroxyl groups is 1. The third kappa shape index (κ3) is 1.80. The number of hydrogen-bond donors (Lipinski definition) is 1. The molecule has 2 aromatic heterocycles. The van der Waals surface area contributed by atoms with Gasteiger partial charge in [-0.15, -0.1) is 0 Å². The molecule has 0 fully saturated rings. The molecule has 0 bridgehead atoms. The fourth-order valence-corrected chi connectivity index (χ4v) is 1.31. The molecule has 0 unspecified atom stereocenters. The smallest absolute Gasteiger partial charge is 0.147 e. The van der Waals surface area contributed by atoms with Gasteiger partial charge in [-0.3, -0.25) is 0 Å². The van der Waals surface area contributed by atoms with E-state index in [1.165, 1.54) is 0 Å². The third-order valence-electron chi connectivity index (χ3n) is 2.02. The van der Waals surface area contributed by atoms with E-state index in [0.717, 1.165) is 11.5 Å². The van der Waals surface area contributed by atoms with Crippen LogP contribution in [0.2, 0.25) is 0 Å². The Hall–Kier alpha value is -1.68. The van der Waals surface area contributed by atoms with Gasteiger partial charge >= 0.3 is 0 Å². The van der Waals surface area contributed by atoms with Gasteiger partial charge in [0.05, 0.1) is 13.2 Å². The Labute approximate surface area is 81.9 Å². The minimum absolute atomic E-state index is 0.0415. The summed E-state index contributed by atoms with van der Waals surface area (Å²) < 4.78 is 1.93. The van der Waals surface area contributed by atoms with E-state index in [2.05, 4.69) is 9.97 Å². The Balaban J connectivity index is 2.19. The third-order valence-corrected chi connectivity index (χ3v) is 2.02. The predicted molar refractivity (Wildman–Crippen MR) is 51.5 cm³/mol. The van der Waals surface area contributed by atoms with Crippen LogP contribution in [0.25, 0.3) is 0 Å². The lowest BCUT2D eigenvalue weighted by Crippen LogP contribution is -2.05. The van der Waals surface area contributed by atoms with E-state index in [0.29, 0.717) is 6.54 Å². The van der Waals surface area contributed by atoms with Crippen molar-refractivity contribution >= 4 is 0 Å². The van der Waals surface area contributed by atoms with E-state index >= 15 is 0 Å². The zero-order valence-electron chi connectivity index (χ0n) is 7.67. The molecule has 72 valence electrons. The van der Waals surface area contributed by atoms with Crippen LogP contribution in [-0.2, 0) is 13.2 Å². The van der Waals surface area contributed by atoms with Crippen molar-refractivity contribution in [3.05, 3.63) is 48.3 Å². The Kier molecular flexibility index (Phi) is 2.55. The molecule has 0 amide bonds. The summed E-state index contributed by atoms with van der Waals surface area (Å²) in [6.07, 6.45) is 5.33. The lowest BCUT2D eigenvalue weighted by molar-refractivity contribution is 0.271. The van der Waals surface area contributed by atoms with Crippen molar-refractivity contribution in [2.45, 2.75) is 13.2 Å². The first-order chi connectivity index (χ1) is 6.90. The molecule has 2 aromatic rings. The molecule has 2 heterocycles. The van der Waals surface area contributed by atoms with Gasteiger partial charge in [0.15, 0.2) is 0 Å². The lowest BCUT2D eigenvalue weighted by atomic mass is 10.4. The molecular formula is C10H11N3O. The second kappa shape index (κ2) is 4.02.